The highest BCUT2D eigenvalue weighted by atomic mass is 16.5. The number of aliphatic hydroxyl groups excluding tert-OH is 1. The number of rotatable bonds is 3. The Hall–Kier alpha value is -1.75. The first kappa shape index (κ1) is 12.7. The van der Waals surface area contributed by atoms with Gasteiger partial charge in [-0.05, 0) is 24.1 Å². The second-order valence-electron chi connectivity index (χ2n) is 4.77. The van der Waals surface area contributed by atoms with Crippen molar-refractivity contribution in [2.24, 2.45) is 5.92 Å². The first-order chi connectivity index (χ1) is 8.54. The van der Waals surface area contributed by atoms with Gasteiger partial charge in [0, 0.05) is 5.69 Å². The summed E-state index contributed by atoms with van der Waals surface area (Å²) < 4.78 is 5.37. The molecule has 1 amide bonds. The lowest BCUT2D eigenvalue weighted by molar-refractivity contribution is -0.122. The van der Waals surface area contributed by atoms with E-state index in [9.17, 15) is 9.90 Å². The molecular formula is C13H18N2O3. The van der Waals surface area contributed by atoms with E-state index in [4.69, 9.17) is 10.5 Å². The molecule has 0 aliphatic carbocycles. The van der Waals surface area contributed by atoms with Gasteiger partial charge in [0.15, 0.2) is 6.61 Å². The molecule has 5 nitrogen and oxygen atoms in total. The maximum absolute atomic E-state index is 12.0. The fourth-order valence-electron chi connectivity index (χ4n) is 2.14. The van der Waals surface area contributed by atoms with Gasteiger partial charge in [0.25, 0.3) is 5.91 Å². The van der Waals surface area contributed by atoms with Crippen LogP contribution < -0.4 is 15.4 Å². The van der Waals surface area contributed by atoms with Crippen molar-refractivity contribution in [1.29, 1.82) is 0 Å². The topological polar surface area (TPSA) is 75.8 Å². The molecule has 3 N–H and O–H groups in total. The van der Waals surface area contributed by atoms with Gasteiger partial charge in [0.05, 0.1) is 18.3 Å². The third-order valence-electron chi connectivity index (χ3n) is 3.15. The third kappa shape index (κ3) is 2.13. The van der Waals surface area contributed by atoms with Crippen molar-refractivity contribution >= 4 is 17.3 Å². The summed E-state index contributed by atoms with van der Waals surface area (Å²) >= 11 is 0. The molecule has 0 saturated heterocycles. The summed E-state index contributed by atoms with van der Waals surface area (Å²) in [7, 11) is 0. The molecule has 0 bridgehead atoms. The van der Waals surface area contributed by atoms with E-state index in [2.05, 4.69) is 0 Å². The average Bonchev–Trinajstić information content (AvgIpc) is 2.32. The smallest absolute Gasteiger partial charge is 0.265 e. The summed E-state index contributed by atoms with van der Waals surface area (Å²) in [4.78, 5) is 13.6. The van der Waals surface area contributed by atoms with Crippen molar-refractivity contribution in [1.82, 2.24) is 0 Å². The van der Waals surface area contributed by atoms with Crippen LogP contribution >= 0.6 is 0 Å². The Balaban J connectivity index is 2.46. The highest BCUT2D eigenvalue weighted by Crippen LogP contribution is 2.36. The number of hydrogen-bond donors (Lipinski definition) is 2. The number of nitrogens with two attached hydrogens (primary N) is 1. The Morgan fingerprint density at radius 2 is 2.22 bits per heavy atom. The van der Waals surface area contributed by atoms with Crippen LogP contribution in [0.2, 0.25) is 0 Å². The number of carbonyl (C=O) groups excluding carboxylic acids is 1. The first-order valence-electron chi connectivity index (χ1n) is 6.00. The highest BCUT2D eigenvalue weighted by molar-refractivity contribution is 5.99. The largest absolute Gasteiger partial charge is 0.482 e. The summed E-state index contributed by atoms with van der Waals surface area (Å²) in [6.45, 7) is 3.85. The van der Waals surface area contributed by atoms with Crippen LogP contribution in [0.25, 0.3) is 0 Å². The first-order valence-corrected chi connectivity index (χ1v) is 6.00. The summed E-state index contributed by atoms with van der Waals surface area (Å²) in [5.41, 5.74) is 6.96. The molecule has 0 aromatic heterocycles. The van der Waals surface area contributed by atoms with Gasteiger partial charge in [-0.2, -0.15) is 0 Å². The maximum Gasteiger partial charge on any atom is 0.265 e. The molecule has 2 rings (SSSR count). The summed E-state index contributed by atoms with van der Waals surface area (Å²) in [5.74, 6) is 0.620. The zero-order chi connectivity index (χ0) is 13.3. The van der Waals surface area contributed by atoms with Crippen molar-refractivity contribution in [2.45, 2.75) is 19.9 Å². The fraction of sp³-hybridized carbons (Fsp3) is 0.462. The number of anilines is 2. The minimum atomic E-state index is -0.262. The molecule has 1 atom stereocenters. The highest BCUT2D eigenvalue weighted by Gasteiger charge is 2.33. The van der Waals surface area contributed by atoms with Gasteiger partial charge >= 0.3 is 0 Å². The molecule has 1 aliphatic heterocycles. The number of nitrogens with zero attached hydrogens (tertiary/aromatic N) is 1. The lowest BCUT2D eigenvalue weighted by Gasteiger charge is -2.37. The second-order valence-corrected chi connectivity index (χ2v) is 4.77. The van der Waals surface area contributed by atoms with Crippen LogP contribution in [-0.4, -0.2) is 30.3 Å². The minimum absolute atomic E-state index is 0.000137. The predicted octanol–water partition coefficient (Wildman–Crippen LogP) is 1.01. The number of ether oxygens (including phenoxy) is 1. The number of fused-ring (bicyclic) bond motifs is 1. The quantitative estimate of drug-likeness (QED) is 0.785. The fourth-order valence-corrected chi connectivity index (χ4v) is 2.14. The number of nitrogen functional groups attached to an aromatic ring is 1. The normalized spacial score (nSPS) is 16.4. The maximum atomic E-state index is 12.0. The van der Waals surface area contributed by atoms with Crippen LogP contribution in [0.5, 0.6) is 5.75 Å². The molecule has 0 radical (unpaired) electrons. The Morgan fingerprint density at radius 3 is 2.83 bits per heavy atom. The van der Waals surface area contributed by atoms with Crippen molar-refractivity contribution in [2.75, 3.05) is 23.8 Å². The standard InChI is InChI=1S/C13H18N2O3/c1-8(2)11(6-16)15-10-5-9(14)3-4-12(10)18-7-13(15)17/h3-5,8,11,16H,6-7,14H2,1-2H3. The van der Waals surface area contributed by atoms with Crippen LogP contribution in [0.3, 0.4) is 0 Å². The van der Waals surface area contributed by atoms with E-state index in [1.54, 1.807) is 23.1 Å². The SMILES string of the molecule is CC(C)C(CO)N1C(=O)COc2ccc(N)cc21. The van der Waals surface area contributed by atoms with Gasteiger partial charge in [0.2, 0.25) is 0 Å². The van der Waals surface area contributed by atoms with Crippen LogP contribution in [0.1, 0.15) is 13.8 Å². The van der Waals surface area contributed by atoms with Crippen LogP contribution in [-0.2, 0) is 4.79 Å². The van der Waals surface area contributed by atoms with Crippen LogP contribution in [0.4, 0.5) is 11.4 Å². The monoisotopic (exact) mass is 250 g/mol. The Kier molecular flexibility index (Phi) is 3.43. The Morgan fingerprint density at radius 1 is 1.50 bits per heavy atom. The van der Waals surface area contributed by atoms with E-state index in [1.165, 1.54) is 0 Å². The molecule has 1 aromatic carbocycles. The summed E-state index contributed by atoms with van der Waals surface area (Å²) in [6, 6.07) is 4.92. The second kappa shape index (κ2) is 4.86. The number of aliphatic hydroxyl groups is 1. The van der Waals surface area contributed by atoms with E-state index in [0.29, 0.717) is 17.1 Å². The van der Waals surface area contributed by atoms with Crippen molar-refractivity contribution in [3.05, 3.63) is 18.2 Å². The molecule has 1 unspecified atom stereocenters. The third-order valence-corrected chi connectivity index (χ3v) is 3.15. The molecule has 1 heterocycles. The van der Waals surface area contributed by atoms with E-state index >= 15 is 0 Å². The molecule has 0 saturated carbocycles. The summed E-state index contributed by atoms with van der Waals surface area (Å²) in [6.07, 6.45) is 0. The van der Waals surface area contributed by atoms with Gasteiger partial charge in [-0.15, -0.1) is 0 Å². The molecule has 1 aliphatic rings. The van der Waals surface area contributed by atoms with Crippen molar-refractivity contribution in [3.63, 3.8) is 0 Å². The Labute approximate surface area is 106 Å². The Bertz CT molecular complexity index is 460. The lowest BCUT2D eigenvalue weighted by Crippen LogP contribution is -2.49. The molecular weight excluding hydrogens is 232 g/mol. The molecule has 0 fully saturated rings. The van der Waals surface area contributed by atoms with Gasteiger partial charge in [-0.25, -0.2) is 0 Å². The summed E-state index contributed by atoms with van der Waals surface area (Å²) in [5, 5.41) is 9.50. The minimum Gasteiger partial charge on any atom is -0.482 e. The number of benzene rings is 1. The molecule has 18 heavy (non-hydrogen) atoms. The lowest BCUT2D eigenvalue weighted by atomic mass is 10.0. The zero-order valence-corrected chi connectivity index (χ0v) is 10.6. The van der Waals surface area contributed by atoms with E-state index < -0.39 is 0 Å². The van der Waals surface area contributed by atoms with Crippen LogP contribution in [0.15, 0.2) is 18.2 Å². The van der Waals surface area contributed by atoms with E-state index in [-0.39, 0.29) is 31.1 Å². The molecule has 1 aromatic rings. The van der Waals surface area contributed by atoms with Gasteiger partial charge < -0.3 is 20.5 Å². The van der Waals surface area contributed by atoms with Gasteiger partial charge in [-0.1, -0.05) is 13.8 Å². The van der Waals surface area contributed by atoms with Crippen molar-refractivity contribution < 1.29 is 14.6 Å². The zero-order valence-electron chi connectivity index (χ0n) is 10.6. The molecule has 5 heteroatoms. The number of amides is 1. The number of carbonyl (C=O) groups is 1. The average molecular weight is 250 g/mol. The van der Waals surface area contributed by atoms with E-state index in [1.807, 2.05) is 13.8 Å². The predicted molar refractivity (Wildman–Crippen MR) is 69.5 cm³/mol. The van der Waals surface area contributed by atoms with Gasteiger partial charge in [0.1, 0.15) is 5.75 Å². The van der Waals surface area contributed by atoms with Crippen LogP contribution in [0, 0.1) is 5.92 Å². The number of hydrogen-bond acceptors (Lipinski definition) is 4. The van der Waals surface area contributed by atoms with E-state index in [0.717, 1.165) is 0 Å². The van der Waals surface area contributed by atoms with Gasteiger partial charge in [-0.3, -0.25) is 4.79 Å². The molecule has 98 valence electrons. The molecule has 0 spiro atoms. The van der Waals surface area contributed by atoms with Crippen molar-refractivity contribution in [3.8, 4) is 5.75 Å².